The Labute approximate surface area is 156 Å². The summed E-state index contributed by atoms with van der Waals surface area (Å²) in [6.45, 7) is 2.02. The van der Waals surface area contributed by atoms with Crippen LogP contribution in [-0.4, -0.2) is 10.9 Å². The zero-order chi connectivity index (χ0) is 17.6. The fourth-order valence-electron chi connectivity index (χ4n) is 2.73. The van der Waals surface area contributed by atoms with Crippen molar-refractivity contribution in [2.45, 2.75) is 25.7 Å². The second-order valence-electron chi connectivity index (χ2n) is 5.76. The lowest BCUT2D eigenvalue weighted by Crippen LogP contribution is -2.20. The Morgan fingerprint density at radius 3 is 2.60 bits per heavy atom. The van der Waals surface area contributed by atoms with Crippen molar-refractivity contribution in [1.29, 1.82) is 0 Å². The molecule has 3 aromatic rings. The minimum atomic E-state index is -0.169. The molecule has 1 N–H and O–H groups in total. The maximum atomic E-state index is 12.6. The number of thiazole rings is 1. The van der Waals surface area contributed by atoms with E-state index in [-0.39, 0.29) is 11.8 Å². The highest BCUT2D eigenvalue weighted by Crippen LogP contribution is 2.26. The molecule has 0 aliphatic rings. The van der Waals surface area contributed by atoms with Crippen molar-refractivity contribution in [3.63, 3.8) is 0 Å². The van der Waals surface area contributed by atoms with Gasteiger partial charge in [-0.25, -0.2) is 4.98 Å². The Bertz CT molecular complexity index is 848. The third-order valence-corrected chi connectivity index (χ3v) is 5.31. The molecule has 1 unspecified atom stereocenters. The van der Waals surface area contributed by atoms with Crippen LogP contribution in [-0.2, 0) is 11.2 Å². The molecule has 2 aromatic carbocycles. The second kappa shape index (κ2) is 8.28. The highest BCUT2D eigenvalue weighted by molar-refractivity contribution is 7.15. The molecule has 1 heterocycles. The standard InChI is InChI=1S/C20H19ClN2OS/c1-2-17(14-8-4-3-5-9-14)19(24)23-20-22-13-16(25-20)12-15-10-6-7-11-18(15)21/h3-11,13,17H,2,12H2,1H3,(H,22,23,24). The smallest absolute Gasteiger partial charge is 0.233 e. The van der Waals surface area contributed by atoms with Gasteiger partial charge in [0.05, 0.1) is 5.92 Å². The molecule has 1 atom stereocenters. The van der Waals surface area contributed by atoms with E-state index in [2.05, 4.69) is 10.3 Å². The Balaban J connectivity index is 1.68. The number of halogens is 1. The van der Waals surface area contributed by atoms with Gasteiger partial charge in [0.1, 0.15) is 0 Å². The van der Waals surface area contributed by atoms with Gasteiger partial charge in [-0.3, -0.25) is 4.79 Å². The van der Waals surface area contributed by atoms with Crippen LogP contribution in [0.5, 0.6) is 0 Å². The first-order valence-corrected chi connectivity index (χ1v) is 9.40. The van der Waals surface area contributed by atoms with Gasteiger partial charge >= 0.3 is 0 Å². The number of anilines is 1. The van der Waals surface area contributed by atoms with Crippen LogP contribution in [0.25, 0.3) is 0 Å². The average Bonchev–Trinajstić information content (AvgIpc) is 3.05. The number of aromatic nitrogens is 1. The molecule has 0 spiro atoms. The zero-order valence-corrected chi connectivity index (χ0v) is 15.5. The molecule has 3 nitrogen and oxygen atoms in total. The highest BCUT2D eigenvalue weighted by atomic mass is 35.5. The summed E-state index contributed by atoms with van der Waals surface area (Å²) in [5.74, 6) is -0.190. The van der Waals surface area contributed by atoms with Gasteiger partial charge in [0, 0.05) is 22.5 Å². The summed E-state index contributed by atoms with van der Waals surface area (Å²) in [5.41, 5.74) is 2.08. The molecule has 0 fully saturated rings. The fourth-order valence-corrected chi connectivity index (χ4v) is 3.77. The summed E-state index contributed by atoms with van der Waals surface area (Å²) in [4.78, 5) is 18.0. The molecule has 5 heteroatoms. The SMILES string of the molecule is CCC(C(=O)Nc1ncc(Cc2ccccc2Cl)s1)c1ccccc1. The zero-order valence-electron chi connectivity index (χ0n) is 13.9. The normalized spacial score (nSPS) is 11.9. The molecule has 0 bridgehead atoms. The van der Waals surface area contributed by atoms with Crippen molar-refractivity contribution in [3.05, 3.63) is 81.8 Å². The van der Waals surface area contributed by atoms with Gasteiger partial charge in [0.25, 0.3) is 0 Å². The van der Waals surface area contributed by atoms with Crippen LogP contribution in [0.3, 0.4) is 0 Å². The van der Waals surface area contributed by atoms with E-state index in [4.69, 9.17) is 11.6 Å². The van der Waals surface area contributed by atoms with Gasteiger partial charge in [-0.05, 0) is 23.6 Å². The fraction of sp³-hybridized carbons (Fsp3) is 0.200. The lowest BCUT2D eigenvalue weighted by atomic mass is 9.96. The van der Waals surface area contributed by atoms with E-state index in [0.29, 0.717) is 11.6 Å². The van der Waals surface area contributed by atoms with Gasteiger partial charge in [-0.15, -0.1) is 11.3 Å². The molecule has 3 rings (SSSR count). The molecule has 0 saturated heterocycles. The monoisotopic (exact) mass is 370 g/mol. The summed E-state index contributed by atoms with van der Waals surface area (Å²) in [5, 5.41) is 4.32. The molecule has 1 aromatic heterocycles. The summed E-state index contributed by atoms with van der Waals surface area (Å²) in [6.07, 6.45) is 3.25. The first kappa shape index (κ1) is 17.6. The van der Waals surface area contributed by atoms with Gasteiger partial charge in [0.2, 0.25) is 5.91 Å². The van der Waals surface area contributed by atoms with Crippen molar-refractivity contribution in [3.8, 4) is 0 Å². The van der Waals surface area contributed by atoms with E-state index in [1.165, 1.54) is 11.3 Å². The van der Waals surface area contributed by atoms with Gasteiger partial charge in [-0.1, -0.05) is 67.1 Å². The van der Waals surface area contributed by atoms with E-state index in [9.17, 15) is 4.79 Å². The quantitative estimate of drug-likeness (QED) is 0.620. The van der Waals surface area contributed by atoms with Crippen LogP contribution >= 0.6 is 22.9 Å². The predicted octanol–water partition coefficient (Wildman–Crippen LogP) is 5.52. The maximum Gasteiger partial charge on any atom is 0.233 e. The number of amides is 1. The molecule has 128 valence electrons. The predicted molar refractivity (Wildman–Crippen MR) is 104 cm³/mol. The molecule has 0 radical (unpaired) electrons. The number of nitrogens with one attached hydrogen (secondary N) is 1. The summed E-state index contributed by atoms with van der Waals surface area (Å²) < 4.78 is 0. The number of nitrogens with zero attached hydrogens (tertiary/aromatic N) is 1. The van der Waals surface area contributed by atoms with Crippen molar-refractivity contribution < 1.29 is 4.79 Å². The van der Waals surface area contributed by atoms with Gasteiger partial charge in [-0.2, -0.15) is 0 Å². The maximum absolute atomic E-state index is 12.6. The highest BCUT2D eigenvalue weighted by Gasteiger charge is 2.19. The second-order valence-corrected chi connectivity index (χ2v) is 7.28. The average molecular weight is 371 g/mol. The first-order valence-electron chi connectivity index (χ1n) is 8.21. The van der Waals surface area contributed by atoms with Gasteiger partial charge in [0.15, 0.2) is 5.13 Å². The number of rotatable bonds is 6. The number of carbonyl (C=O) groups excluding carboxylic acids is 1. The molecular weight excluding hydrogens is 352 g/mol. The lowest BCUT2D eigenvalue weighted by Gasteiger charge is -2.14. The summed E-state index contributed by atoms with van der Waals surface area (Å²) >= 11 is 7.69. The Kier molecular flexibility index (Phi) is 5.84. The van der Waals surface area contributed by atoms with Crippen LogP contribution in [0.1, 0.15) is 35.3 Å². The van der Waals surface area contributed by atoms with Crippen LogP contribution in [0.15, 0.2) is 60.8 Å². The molecule has 0 saturated carbocycles. The van der Waals surface area contributed by atoms with Crippen LogP contribution < -0.4 is 5.32 Å². The van der Waals surface area contributed by atoms with E-state index >= 15 is 0 Å². The lowest BCUT2D eigenvalue weighted by molar-refractivity contribution is -0.117. The molecule has 1 amide bonds. The van der Waals surface area contributed by atoms with E-state index in [1.807, 2.05) is 61.5 Å². The van der Waals surface area contributed by atoms with Crippen molar-refractivity contribution >= 4 is 34.0 Å². The van der Waals surface area contributed by atoms with Crippen molar-refractivity contribution in [2.75, 3.05) is 5.32 Å². The van der Waals surface area contributed by atoms with E-state index in [1.54, 1.807) is 6.20 Å². The largest absolute Gasteiger partial charge is 0.301 e. The van der Waals surface area contributed by atoms with Gasteiger partial charge < -0.3 is 5.32 Å². The number of hydrogen-bond donors (Lipinski definition) is 1. The number of carbonyl (C=O) groups is 1. The van der Waals surface area contributed by atoms with Crippen LogP contribution in [0, 0.1) is 0 Å². The van der Waals surface area contributed by atoms with E-state index in [0.717, 1.165) is 27.4 Å². The van der Waals surface area contributed by atoms with Crippen LogP contribution in [0.4, 0.5) is 5.13 Å². The Hall–Kier alpha value is -2.17. The Morgan fingerprint density at radius 2 is 1.88 bits per heavy atom. The summed E-state index contributed by atoms with van der Waals surface area (Å²) in [7, 11) is 0. The number of hydrogen-bond acceptors (Lipinski definition) is 3. The van der Waals surface area contributed by atoms with E-state index < -0.39 is 0 Å². The third kappa shape index (κ3) is 4.47. The minimum Gasteiger partial charge on any atom is -0.301 e. The Morgan fingerprint density at radius 1 is 1.16 bits per heavy atom. The summed E-state index contributed by atoms with van der Waals surface area (Å²) in [6, 6.07) is 17.6. The van der Waals surface area contributed by atoms with Crippen LogP contribution in [0.2, 0.25) is 5.02 Å². The topological polar surface area (TPSA) is 42.0 Å². The number of benzene rings is 2. The molecule has 25 heavy (non-hydrogen) atoms. The van der Waals surface area contributed by atoms with Crippen molar-refractivity contribution in [1.82, 2.24) is 4.98 Å². The first-order chi connectivity index (χ1) is 12.2. The van der Waals surface area contributed by atoms with Crippen molar-refractivity contribution in [2.24, 2.45) is 0 Å². The molecule has 0 aliphatic carbocycles. The molecule has 0 aliphatic heterocycles. The molecular formula is C20H19ClN2OS. The minimum absolute atomic E-state index is 0.0210. The third-order valence-electron chi connectivity index (χ3n) is 4.03.